The highest BCUT2D eigenvalue weighted by Crippen LogP contribution is 2.21. The van der Waals surface area contributed by atoms with Crippen molar-refractivity contribution in [1.82, 2.24) is 0 Å². The largest absolute Gasteiger partial charge is 0.496 e. The molecular weight excluding hydrogens is 206 g/mol. The molecule has 0 aliphatic rings. The number of hydrogen-bond acceptors (Lipinski definition) is 4. The predicted molar refractivity (Wildman–Crippen MR) is 63.4 cm³/mol. The molecule has 16 heavy (non-hydrogen) atoms. The number of methoxy groups -OCH3 is 1. The van der Waals surface area contributed by atoms with Crippen molar-refractivity contribution in [1.29, 1.82) is 0 Å². The lowest BCUT2D eigenvalue weighted by Gasteiger charge is -2.12. The van der Waals surface area contributed by atoms with Crippen molar-refractivity contribution in [3.05, 3.63) is 23.8 Å². The second-order valence-corrected chi connectivity index (χ2v) is 3.57. The molecule has 1 unspecified atom stereocenters. The molecule has 0 aromatic heterocycles. The standard InChI is InChI=1S/C11H17N3O2/c1-7-5-8(3-4-10(7)16-2)14-6-9(12)11(13)15/h3-5,9,14H,6,12H2,1-2H3,(H2,13,15). The molecule has 1 rings (SSSR count). The molecule has 0 saturated heterocycles. The van der Waals surface area contributed by atoms with Crippen molar-refractivity contribution < 1.29 is 9.53 Å². The van der Waals surface area contributed by atoms with E-state index in [2.05, 4.69) is 5.32 Å². The van der Waals surface area contributed by atoms with Gasteiger partial charge in [-0.3, -0.25) is 4.79 Å². The van der Waals surface area contributed by atoms with Crippen molar-refractivity contribution in [2.24, 2.45) is 11.5 Å². The molecule has 88 valence electrons. The first-order valence-corrected chi connectivity index (χ1v) is 4.98. The molecule has 0 saturated carbocycles. The van der Waals surface area contributed by atoms with Gasteiger partial charge in [0, 0.05) is 12.2 Å². The van der Waals surface area contributed by atoms with Crippen molar-refractivity contribution in [2.75, 3.05) is 19.0 Å². The van der Waals surface area contributed by atoms with Crippen LogP contribution < -0.4 is 21.5 Å². The summed E-state index contributed by atoms with van der Waals surface area (Å²) in [6, 6.07) is 4.96. The van der Waals surface area contributed by atoms with Crippen molar-refractivity contribution in [3.63, 3.8) is 0 Å². The van der Waals surface area contributed by atoms with Crippen LogP contribution in [0.5, 0.6) is 5.75 Å². The van der Waals surface area contributed by atoms with E-state index in [1.807, 2.05) is 25.1 Å². The second-order valence-electron chi connectivity index (χ2n) is 3.57. The van der Waals surface area contributed by atoms with Gasteiger partial charge in [-0.05, 0) is 30.7 Å². The number of nitrogens with one attached hydrogen (secondary N) is 1. The number of primary amides is 1. The molecule has 5 nitrogen and oxygen atoms in total. The Bertz CT molecular complexity index is 379. The van der Waals surface area contributed by atoms with Crippen molar-refractivity contribution >= 4 is 11.6 Å². The predicted octanol–water partition coefficient (Wildman–Crippen LogP) is 0.228. The minimum Gasteiger partial charge on any atom is -0.496 e. The lowest BCUT2D eigenvalue weighted by molar-refractivity contribution is -0.118. The van der Waals surface area contributed by atoms with Gasteiger partial charge in [0.05, 0.1) is 7.11 Å². The third-order valence-corrected chi connectivity index (χ3v) is 2.29. The van der Waals surface area contributed by atoms with E-state index in [1.54, 1.807) is 7.11 Å². The Balaban J connectivity index is 2.62. The normalized spacial score (nSPS) is 11.9. The van der Waals surface area contributed by atoms with Crippen LogP contribution >= 0.6 is 0 Å². The Morgan fingerprint density at radius 3 is 2.75 bits per heavy atom. The third-order valence-electron chi connectivity index (χ3n) is 2.29. The van der Waals surface area contributed by atoms with Gasteiger partial charge in [0.15, 0.2) is 0 Å². The number of amides is 1. The summed E-state index contributed by atoms with van der Waals surface area (Å²) in [6.45, 7) is 2.26. The van der Waals surface area contributed by atoms with Crippen LogP contribution in [0.15, 0.2) is 18.2 Å². The topological polar surface area (TPSA) is 90.4 Å². The Morgan fingerprint density at radius 2 is 2.25 bits per heavy atom. The number of nitrogens with two attached hydrogens (primary N) is 2. The van der Waals surface area contributed by atoms with Gasteiger partial charge in [-0.1, -0.05) is 0 Å². The molecule has 0 spiro atoms. The van der Waals surface area contributed by atoms with E-state index in [4.69, 9.17) is 16.2 Å². The van der Waals surface area contributed by atoms with Crippen LogP contribution in [-0.4, -0.2) is 25.6 Å². The van der Waals surface area contributed by atoms with Crippen LogP contribution in [0, 0.1) is 6.92 Å². The quantitative estimate of drug-likeness (QED) is 0.666. The lowest BCUT2D eigenvalue weighted by atomic mass is 10.2. The zero-order chi connectivity index (χ0) is 12.1. The van der Waals surface area contributed by atoms with E-state index < -0.39 is 11.9 Å². The maximum Gasteiger partial charge on any atom is 0.236 e. The minimum atomic E-state index is -0.678. The first-order chi connectivity index (χ1) is 7.54. The fraction of sp³-hybridized carbons (Fsp3) is 0.364. The zero-order valence-corrected chi connectivity index (χ0v) is 9.49. The number of benzene rings is 1. The van der Waals surface area contributed by atoms with Gasteiger partial charge in [-0.15, -0.1) is 0 Å². The number of anilines is 1. The highest BCUT2D eigenvalue weighted by molar-refractivity contribution is 5.80. The van der Waals surface area contributed by atoms with Crippen LogP contribution in [0.25, 0.3) is 0 Å². The van der Waals surface area contributed by atoms with E-state index >= 15 is 0 Å². The summed E-state index contributed by atoms with van der Waals surface area (Å²) in [5.41, 5.74) is 12.4. The average Bonchev–Trinajstić information content (AvgIpc) is 2.25. The molecule has 5 heteroatoms. The Kier molecular flexibility index (Phi) is 4.13. The summed E-state index contributed by atoms with van der Waals surface area (Å²) in [7, 11) is 1.62. The van der Waals surface area contributed by atoms with Crippen molar-refractivity contribution in [3.8, 4) is 5.75 Å². The number of ether oxygens (including phenoxy) is 1. The van der Waals surface area contributed by atoms with Gasteiger partial charge >= 0.3 is 0 Å². The van der Waals surface area contributed by atoms with E-state index in [0.29, 0.717) is 6.54 Å². The SMILES string of the molecule is COc1ccc(NCC(N)C(N)=O)cc1C. The first-order valence-electron chi connectivity index (χ1n) is 4.98. The third kappa shape index (κ3) is 3.13. The van der Waals surface area contributed by atoms with Gasteiger partial charge < -0.3 is 21.5 Å². The van der Waals surface area contributed by atoms with Gasteiger partial charge in [-0.2, -0.15) is 0 Å². The number of carbonyl (C=O) groups excluding carboxylic acids is 1. The number of hydrogen-bond donors (Lipinski definition) is 3. The summed E-state index contributed by atoms with van der Waals surface area (Å²) in [5, 5.41) is 3.04. The molecule has 0 fully saturated rings. The number of carbonyl (C=O) groups is 1. The second kappa shape index (κ2) is 5.37. The molecule has 0 bridgehead atoms. The Morgan fingerprint density at radius 1 is 1.56 bits per heavy atom. The van der Waals surface area contributed by atoms with Crippen LogP contribution in [-0.2, 0) is 4.79 Å². The van der Waals surface area contributed by atoms with E-state index in [9.17, 15) is 4.79 Å². The van der Waals surface area contributed by atoms with Crippen LogP contribution in [0.1, 0.15) is 5.56 Å². The molecular formula is C11H17N3O2. The zero-order valence-electron chi connectivity index (χ0n) is 9.49. The highest BCUT2D eigenvalue weighted by atomic mass is 16.5. The smallest absolute Gasteiger partial charge is 0.236 e. The fourth-order valence-corrected chi connectivity index (χ4v) is 1.32. The van der Waals surface area contributed by atoms with E-state index in [0.717, 1.165) is 17.0 Å². The van der Waals surface area contributed by atoms with Crippen LogP contribution in [0.4, 0.5) is 5.69 Å². The molecule has 0 heterocycles. The monoisotopic (exact) mass is 223 g/mol. The molecule has 1 aromatic rings. The summed E-state index contributed by atoms with van der Waals surface area (Å²) >= 11 is 0. The van der Waals surface area contributed by atoms with Gasteiger partial charge in [-0.25, -0.2) is 0 Å². The average molecular weight is 223 g/mol. The van der Waals surface area contributed by atoms with Crippen LogP contribution in [0.3, 0.4) is 0 Å². The minimum absolute atomic E-state index is 0.321. The number of aryl methyl sites for hydroxylation is 1. The summed E-state index contributed by atoms with van der Waals surface area (Å²) in [6.07, 6.45) is 0. The fourth-order valence-electron chi connectivity index (χ4n) is 1.32. The molecule has 5 N–H and O–H groups in total. The summed E-state index contributed by atoms with van der Waals surface area (Å²) in [5.74, 6) is 0.308. The molecule has 0 aliphatic heterocycles. The van der Waals surface area contributed by atoms with Gasteiger partial charge in [0.2, 0.25) is 5.91 Å². The molecule has 0 radical (unpaired) electrons. The van der Waals surface area contributed by atoms with E-state index in [-0.39, 0.29) is 0 Å². The van der Waals surface area contributed by atoms with E-state index in [1.165, 1.54) is 0 Å². The number of rotatable bonds is 5. The van der Waals surface area contributed by atoms with Crippen LogP contribution in [0.2, 0.25) is 0 Å². The Labute approximate surface area is 94.8 Å². The highest BCUT2D eigenvalue weighted by Gasteiger charge is 2.08. The van der Waals surface area contributed by atoms with Gasteiger partial charge in [0.25, 0.3) is 0 Å². The Hall–Kier alpha value is -1.75. The lowest BCUT2D eigenvalue weighted by Crippen LogP contribution is -2.41. The first kappa shape index (κ1) is 12.3. The summed E-state index contributed by atoms with van der Waals surface area (Å²) < 4.78 is 5.14. The maximum atomic E-state index is 10.7. The van der Waals surface area contributed by atoms with Crippen molar-refractivity contribution in [2.45, 2.75) is 13.0 Å². The van der Waals surface area contributed by atoms with Gasteiger partial charge in [0.1, 0.15) is 11.8 Å². The maximum absolute atomic E-state index is 10.7. The molecule has 0 aliphatic carbocycles. The molecule has 1 atom stereocenters. The molecule has 1 amide bonds. The summed E-state index contributed by atoms with van der Waals surface area (Å²) in [4.78, 5) is 10.7. The molecule has 1 aromatic carbocycles.